The van der Waals surface area contributed by atoms with Crippen LogP contribution < -0.4 is 5.73 Å². The lowest BCUT2D eigenvalue weighted by Crippen LogP contribution is -2.10. The maximum Gasteiger partial charge on any atom is 0.0645 e. The Morgan fingerprint density at radius 2 is 1.82 bits per heavy atom. The largest absolute Gasteiger partial charge is 0.399 e. The second kappa shape index (κ2) is 2.57. The minimum absolute atomic E-state index is 0.635. The van der Waals surface area contributed by atoms with E-state index in [9.17, 15) is 0 Å². The average molecular weight is 162 g/mol. The lowest BCUT2D eigenvalue weighted by atomic mass is 9.87. The molecule has 0 amide bonds. The number of benzene rings is 1. The molecule has 0 bridgehead atoms. The summed E-state index contributed by atoms with van der Waals surface area (Å²) >= 11 is 0. The molecule has 1 aromatic carbocycles. The van der Waals surface area contributed by atoms with Crippen LogP contribution >= 0.6 is 0 Å². The van der Waals surface area contributed by atoms with E-state index in [1.54, 1.807) is 0 Å². The Labute approximate surface area is 86.5 Å². The Kier molecular flexibility index (Phi) is 0.360. The molecule has 0 heterocycles. The van der Waals surface area contributed by atoms with Gasteiger partial charge in [-0.15, -0.1) is 0 Å². The van der Waals surface area contributed by atoms with Gasteiger partial charge in [-0.3, -0.25) is 0 Å². The SMILES string of the molecule is [2H]c1c([2H])c(C(C([2H])([2H])[2H])(C([2H])([2H])[2H])C([2H])([2H])[2H])c([2H])c([2H])c1N. The summed E-state index contributed by atoms with van der Waals surface area (Å²) in [6.07, 6.45) is 0. The van der Waals surface area contributed by atoms with Crippen LogP contribution in [0.3, 0.4) is 0 Å². The van der Waals surface area contributed by atoms with E-state index in [4.69, 9.17) is 23.6 Å². The standard InChI is InChI=1S/C10H15N/c1-10(2,3)8-4-6-9(11)7-5-8/h4-7H,11H2,1-3H3/i1D3,2D3,3D3,4D,5D,6D,7D. The topological polar surface area (TPSA) is 26.0 Å². The van der Waals surface area contributed by atoms with Crippen LogP contribution in [-0.4, -0.2) is 0 Å². The molecule has 2 N–H and O–H groups in total. The zero-order valence-corrected chi connectivity index (χ0v) is 5.58. The zero-order chi connectivity index (χ0) is 19.5. The van der Waals surface area contributed by atoms with Crippen molar-refractivity contribution in [1.29, 1.82) is 0 Å². The summed E-state index contributed by atoms with van der Waals surface area (Å²) in [6, 6.07) is -3.99. The smallest absolute Gasteiger partial charge is 0.0645 e. The first-order valence-corrected chi connectivity index (χ1v) is 2.79. The van der Waals surface area contributed by atoms with Gasteiger partial charge >= 0.3 is 0 Å². The molecule has 1 nitrogen and oxygen atoms in total. The highest BCUT2D eigenvalue weighted by Crippen LogP contribution is 2.22. The summed E-state index contributed by atoms with van der Waals surface area (Å²) in [7, 11) is 0. The van der Waals surface area contributed by atoms with Crippen molar-refractivity contribution in [2.75, 3.05) is 5.73 Å². The average Bonchev–Trinajstić information content (AvgIpc) is 2.34. The molecular weight excluding hydrogens is 134 g/mol. The van der Waals surface area contributed by atoms with Crippen molar-refractivity contribution in [1.82, 2.24) is 0 Å². The minimum atomic E-state index is -3.68. The van der Waals surface area contributed by atoms with Crippen molar-refractivity contribution < 1.29 is 17.8 Å². The van der Waals surface area contributed by atoms with Crippen LogP contribution in [0.25, 0.3) is 0 Å². The summed E-state index contributed by atoms with van der Waals surface area (Å²) in [5.41, 5.74) is -0.0756. The van der Waals surface area contributed by atoms with Gasteiger partial charge in [-0.05, 0) is 23.1 Å². The van der Waals surface area contributed by atoms with Gasteiger partial charge in [0.15, 0.2) is 0 Å². The van der Waals surface area contributed by atoms with Crippen LogP contribution in [0.2, 0.25) is 0 Å². The summed E-state index contributed by atoms with van der Waals surface area (Å²) in [5, 5.41) is 0. The van der Waals surface area contributed by atoms with Gasteiger partial charge in [0.05, 0.1) is 5.48 Å². The summed E-state index contributed by atoms with van der Waals surface area (Å²) in [4.78, 5) is 0. The van der Waals surface area contributed by atoms with E-state index in [-0.39, 0.29) is 0 Å². The molecule has 0 atom stereocenters. The maximum atomic E-state index is 7.85. The van der Waals surface area contributed by atoms with Crippen molar-refractivity contribution in [2.45, 2.75) is 26.0 Å². The maximum absolute atomic E-state index is 7.85. The molecule has 11 heavy (non-hydrogen) atoms. The molecule has 1 rings (SSSR count). The number of rotatable bonds is 0. The Bertz CT molecular complexity index is 586. The van der Waals surface area contributed by atoms with Crippen molar-refractivity contribution in [2.24, 2.45) is 0 Å². The second-order valence-corrected chi connectivity index (χ2v) is 2.04. The van der Waals surface area contributed by atoms with Gasteiger partial charge in [0.25, 0.3) is 0 Å². The molecule has 0 aliphatic carbocycles. The molecule has 0 saturated carbocycles. The third-order valence-electron chi connectivity index (χ3n) is 1.02. The molecule has 0 radical (unpaired) electrons. The molecule has 0 aromatic heterocycles. The van der Waals surface area contributed by atoms with E-state index in [2.05, 4.69) is 0 Å². The van der Waals surface area contributed by atoms with Crippen molar-refractivity contribution in [3.8, 4) is 0 Å². The van der Waals surface area contributed by atoms with Crippen molar-refractivity contribution in [3.63, 3.8) is 0 Å². The molecule has 0 saturated heterocycles. The van der Waals surface area contributed by atoms with Gasteiger partial charge in [-0.25, -0.2) is 0 Å². The lowest BCUT2D eigenvalue weighted by molar-refractivity contribution is 0.590. The molecular formula is C10H15N. The summed E-state index contributed by atoms with van der Waals surface area (Å²) in [5.74, 6) is 0. The van der Waals surface area contributed by atoms with Crippen LogP contribution in [0, 0.1) is 0 Å². The predicted octanol–water partition coefficient (Wildman–Crippen LogP) is 2.57. The van der Waals surface area contributed by atoms with Gasteiger partial charge in [0, 0.05) is 18.0 Å². The zero-order valence-electron chi connectivity index (χ0n) is 18.6. The fraction of sp³-hybridized carbons (Fsp3) is 0.400. The Hall–Kier alpha value is -0.980. The first kappa shape index (κ1) is 1.54. The normalized spacial score (nSPS) is 32.2. The molecule has 0 fully saturated rings. The molecule has 0 spiro atoms. The highest BCUT2D eigenvalue weighted by atomic mass is 14.5. The highest BCUT2D eigenvalue weighted by Gasteiger charge is 2.11. The number of anilines is 1. The van der Waals surface area contributed by atoms with Gasteiger partial charge in [0.2, 0.25) is 0 Å². The van der Waals surface area contributed by atoms with E-state index in [1.165, 1.54) is 0 Å². The minimum Gasteiger partial charge on any atom is -0.399 e. The van der Waals surface area contributed by atoms with Crippen LogP contribution in [-0.2, 0) is 5.41 Å². The molecule has 60 valence electrons. The number of nitrogens with two attached hydrogens (primary N) is 1. The van der Waals surface area contributed by atoms with E-state index in [0.717, 1.165) is 0 Å². The third kappa shape index (κ3) is 1.97. The van der Waals surface area contributed by atoms with Crippen LogP contribution in [0.15, 0.2) is 24.2 Å². The molecule has 1 heteroatoms. The van der Waals surface area contributed by atoms with Crippen LogP contribution in [0.4, 0.5) is 5.69 Å². The highest BCUT2D eigenvalue weighted by molar-refractivity contribution is 5.40. The van der Waals surface area contributed by atoms with Crippen molar-refractivity contribution in [3.05, 3.63) is 29.7 Å². The monoisotopic (exact) mass is 162 g/mol. The third-order valence-corrected chi connectivity index (χ3v) is 1.02. The fourth-order valence-corrected chi connectivity index (χ4v) is 0.510. The van der Waals surface area contributed by atoms with Gasteiger partial charge in [-0.1, -0.05) is 32.6 Å². The summed E-state index contributed by atoms with van der Waals surface area (Å²) < 4.78 is 99.1. The molecule has 0 aliphatic rings. The van der Waals surface area contributed by atoms with Gasteiger partial charge < -0.3 is 5.73 Å². The molecule has 0 aliphatic heterocycles. The Morgan fingerprint density at radius 3 is 2.27 bits per heavy atom. The predicted molar refractivity (Wildman–Crippen MR) is 49.6 cm³/mol. The van der Waals surface area contributed by atoms with Crippen molar-refractivity contribution >= 4 is 5.69 Å². The van der Waals surface area contributed by atoms with E-state index >= 15 is 0 Å². The second-order valence-electron chi connectivity index (χ2n) is 2.04. The first-order valence-electron chi connectivity index (χ1n) is 9.29. The lowest BCUT2D eigenvalue weighted by Gasteiger charge is -2.18. The van der Waals surface area contributed by atoms with Crippen LogP contribution in [0.5, 0.6) is 0 Å². The fourth-order valence-electron chi connectivity index (χ4n) is 0.510. The Morgan fingerprint density at radius 1 is 1.27 bits per heavy atom. The first-order chi connectivity index (χ1) is 10.4. The number of nitrogen functional groups attached to an aromatic ring is 1. The molecule has 1 aromatic rings. The van der Waals surface area contributed by atoms with E-state index in [1.807, 2.05) is 0 Å². The number of hydrogen-bond donors (Lipinski definition) is 1. The van der Waals surface area contributed by atoms with Gasteiger partial charge in [0.1, 0.15) is 0 Å². The quantitative estimate of drug-likeness (QED) is 0.583. The number of hydrogen-bond acceptors (Lipinski definition) is 1. The van der Waals surface area contributed by atoms with E-state index < -0.39 is 61.4 Å². The van der Waals surface area contributed by atoms with Gasteiger partial charge in [-0.2, -0.15) is 0 Å². The Balaban J connectivity index is 4.27. The summed E-state index contributed by atoms with van der Waals surface area (Å²) in [6.45, 7) is -11.0. The van der Waals surface area contributed by atoms with Crippen LogP contribution in [0.1, 0.15) is 43.9 Å². The van der Waals surface area contributed by atoms with E-state index in [0.29, 0.717) is 0 Å². The molecule has 0 unspecified atom stereocenters.